The Kier molecular flexibility index (Phi) is 6.12. The fourth-order valence-electron chi connectivity index (χ4n) is 3.19. The fourth-order valence-corrected chi connectivity index (χ4v) is 3.19. The number of hydrogen-bond acceptors (Lipinski definition) is 4. The lowest BCUT2D eigenvalue weighted by Gasteiger charge is -2.13. The van der Waals surface area contributed by atoms with Crippen LogP contribution in [0.25, 0.3) is 0 Å². The first-order valence-electron chi connectivity index (χ1n) is 9.37. The molecule has 0 aromatic heterocycles. The molecule has 27 heavy (non-hydrogen) atoms. The Hall–Kier alpha value is -2.82. The molecule has 2 aromatic carbocycles. The number of rotatable bonds is 8. The van der Waals surface area contributed by atoms with Gasteiger partial charge in [0.05, 0.1) is 6.61 Å². The van der Waals surface area contributed by atoms with Crippen LogP contribution in [0.4, 0.5) is 0 Å². The molecule has 142 valence electrons. The van der Waals surface area contributed by atoms with Crippen LogP contribution >= 0.6 is 0 Å². The second kappa shape index (κ2) is 8.71. The van der Waals surface area contributed by atoms with E-state index in [0.29, 0.717) is 18.7 Å². The van der Waals surface area contributed by atoms with Gasteiger partial charge in [-0.05, 0) is 26.0 Å². The third-order valence-corrected chi connectivity index (χ3v) is 4.53. The summed E-state index contributed by atoms with van der Waals surface area (Å²) in [5, 5.41) is 2.88. The van der Waals surface area contributed by atoms with E-state index in [1.807, 2.05) is 44.2 Å². The molecule has 5 nitrogen and oxygen atoms in total. The van der Waals surface area contributed by atoms with Crippen molar-refractivity contribution in [1.82, 2.24) is 5.32 Å². The molecular formula is C22H25NO4. The van der Waals surface area contributed by atoms with E-state index in [9.17, 15) is 9.59 Å². The molecule has 0 unspecified atom stereocenters. The first kappa shape index (κ1) is 19.0. The summed E-state index contributed by atoms with van der Waals surface area (Å²) < 4.78 is 11.5. The molecule has 0 bridgehead atoms. The minimum absolute atomic E-state index is 0.0272. The second-order valence-electron chi connectivity index (χ2n) is 6.70. The zero-order chi connectivity index (χ0) is 19.2. The number of benzene rings is 2. The van der Waals surface area contributed by atoms with Gasteiger partial charge in [-0.15, -0.1) is 0 Å². The third kappa shape index (κ3) is 4.88. The summed E-state index contributed by atoms with van der Waals surface area (Å²) in [7, 11) is 0. The number of nitrogens with one attached hydrogen (secondary N) is 1. The molecule has 0 aliphatic carbocycles. The van der Waals surface area contributed by atoms with Crippen LogP contribution in [0.2, 0.25) is 0 Å². The molecule has 5 heteroatoms. The Labute approximate surface area is 159 Å². The van der Waals surface area contributed by atoms with Crippen LogP contribution in [0, 0.1) is 0 Å². The highest BCUT2D eigenvalue weighted by atomic mass is 16.5. The number of Topliss-reactive ketones (excluding diaryl/α,β-unsaturated/α-hetero) is 1. The van der Waals surface area contributed by atoms with E-state index in [1.54, 1.807) is 12.1 Å². The molecule has 1 aliphatic heterocycles. The van der Waals surface area contributed by atoms with Crippen molar-refractivity contribution in [2.24, 2.45) is 0 Å². The van der Waals surface area contributed by atoms with E-state index in [-0.39, 0.29) is 30.6 Å². The van der Waals surface area contributed by atoms with E-state index < -0.39 is 0 Å². The predicted octanol–water partition coefficient (Wildman–Crippen LogP) is 3.69. The Bertz CT molecular complexity index is 817. The summed E-state index contributed by atoms with van der Waals surface area (Å²) in [6.07, 6.45) is 1.38. The average Bonchev–Trinajstić information content (AvgIpc) is 3.04. The van der Waals surface area contributed by atoms with Gasteiger partial charge >= 0.3 is 0 Å². The van der Waals surface area contributed by atoms with Crippen molar-refractivity contribution in [3.05, 3.63) is 59.2 Å². The summed E-state index contributed by atoms with van der Waals surface area (Å²) >= 11 is 0. The average molecular weight is 367 g/mol. The van der Waals surface area contributed by atoms with E-state index in [1.165, 1.54) is 0 Å². The first-order chi connectivity index (χ1) is 13.1. The maximum absolute atomic E-state index is 12.2. The molecule has 0 saturated carbocycles. The summed E-state index contributed by atoms with van der Waals surface area (Å²) in [4.78, 5) is 24.3. The highest BCUT2D eigenvalue weighted by Crippen LogP contribution is 2.35. The van der Waals surface area contributed by atoms with Gasteiger partial charge in [0.2, 0.25) is 5.91 Å². The number of ether oxygens (including phenoxy) is 2. The van der Waals surface area contributed by atoms with Gasteiger partial charge in [0.25, 0.3) is 0 Å². The van der Waals surface area contributed by atoms with Gasteiger partial charge in [-0.1, -0.05) is 30.3 Å². The molecule has 1 aliphatic rings. The van der Waals surface area contributed by atoms with Crippen molar-refractivity contribution in [1.29, 1.82) is 0 Å². The molecular weight excluding hydrogens is 342 g/mol. The molecule has 0 radical (unpaired) electrons. The standard InChI is InChI=1S/C22H25NO4/c1-3-26-20-12-17-11-15(2)27-21(17)13-18(20)14-23-22(25)10-9-19(24)16-7-5-4-6-8-16/h4-8,12-13,15H,3,9-11,14H2,1-2H3,(H,23,25)/t15-/m0/s1. The van der Waals surface area contributed by atoms with Crippen molar-refractivity contribution < 1.29 is 19.1 Å². The maximum Gasteiger partial charge on any atom is 0.220 e. The summed E-state index contributed by atoms with van der Waals surface area (Å²) in [5.74, 6) is 1.45. The van der Waals surface area contributed by atoms with Crippen molar-refractivity contribution in [2.75, 3.05) is 6.61 Å². The lowest BCUT2D eigenvalue weighted by molar-refractivity contribution is -0.121. The molecule has 1 atom stereocenters. The summed E-state index contributed by atoms with van der Waals surface area (Å²) in [5.41, 5.74) is 2.65. The summed E-state index contributed by atoms with van der Waals surface area (Å²) in [6.45, 7) is 4.87. The van der Waals surface area contributed by atoms with E-state index in [2.05, 4.69) is 5.32 Å². The molecule has 0 fully saturated rings. The van der Waals surface area contributed by atoms with Crippen LogP contribution in [0.15, 0.2) is 42.5 Å². The third-order valence-electron chi connectivity index (χ3n) is 4.53. The Morgan fingerprint density at radius 1 is 1.19 bits per heavy atom. The Balaban J connectivity index is 1.57. The number of carbonyl (C=O) groups is 2. The van der Waals surface area contributed by atoms with Crippen LogP contribution < -0.4 is 14.8 Å². The maximum atomic E-state index is 12.2. The topological polar surface area (TPSA) is 64.6 Å². The monoisotopic (exact) mass is 367 g/mol. The van der Waals surface area contributed by atoms with Crippen LogP contribution in [0.3, 0.4) is 0 Å². The van der Waals surface area contributed by atoms with Gasteiger partial charge < -0.3 is 14.8 Å². The van der Waals surface area contributed by atoms with Crippen LogP contribution in [0.5, 0.6) is 11.5 Å². The fraction of sp³-hybridized carbons (Fsp3) is 0.364. The Morgan fingerprint density at radius 2 is 1.96 bits per heavy atom. The van der Waals surface area contributed by atoms with Gasteiger partial charge in [0, 0.05) is 42.5 Å². The SMILES string of the molecule is CCOc1cc2c(cc1CNC(=O)CCC(=O)c1ccccc1)O[C@@H](C)C2. The minimum Gasteiger partial charge on any atom is -0.494 e. The van der Waals surface area contributed by atoms with Crippen molar-refractivity contribution in [2.45, 2.75) is 45.8 Å². The minimum atomic E-state index is -0.156. The summed E-state index contributed by atoms with van der Waals surface area (Å²) in [6, 6.07) is 13.0. The van der Waals surface area contributed by atoms with E-state index in [0.717, 1.165) is 29.0 Å². The molecule has 2 aromatic rings. The molecule has 0 saturated heterocycles. The number of hydrogen-bond donors (Lipinski definition) is 1. The zero-order valence-electron chi connectivity index (χ0n) is 15.8. The molecule has 3 rings (SSSR count). The highest BCUT2D eigenvalue weighted by Gasteiger charge is 2.22. The number of fused-ring (bicyclic) bond motifs is 1. The van der Waals surface area contributed by atoms with Gasteiger partial charge in [0.1, 0.15) is 17.6 Å². The van der Waals surface area contributed by atoms with E-state index >= 15 is 0 Å². The lowest BCUT2D eigenvalue weighted by Crippen LogP contribution is -2.23. The van der Waals surface area contributed by atoms with E-state index in [4.69, 9.17) is 9.47 Å². The quantitative estimate of drug-likeness (QED) is 0.723. The van der Waals surface area contributed by atoms with Gasteiger partial charge in [-0.3, -0.25) is 9.59 Å². The van der Waals surface area contributed by atoms with Gasteiger partial charge in [-0.2, -0.15) is 0 Å². The molecule has 1 amide bonds. The molecule has 0 spiro atoms. The largest absolute Gasteiger partial charge is 0.494 e. The normalized spacial score (nSPS) is 15.0. The van der Waals surface area contributed by atoms with Crippen LogP contribution in [0.1, 0.15) is 48.2 Å². The Morgan fingerprint density at radius 3 is 2.70 bits per heavy atom. The lowest BCUT2D eigenvalue weighted by atomic mass is 10.1. The number of amides is 1. The predicted molar refractivity (Wildman–Crippen MR) is 103 cm³/mol. The zero-order valence-corrected chi connectivity index (χ0v) is 15.8. The molecule has 1 heterocycles. The van der Waals surface area contributed by atoms with Crippen LogP contribution in [-0.2, 0) is 17.8 Å². The van der Waals surface area contributed by atoms with Gasteiger partial charge in [0.15, 0.2) is 5.78 Å². The number of ketones is 1. The van der Waals surface area contributed by atoms with Crippen molar-refractivity contribution >= 4 is 11.7 Å². The smallest absolute Gasteiger partial charge is 0.220 e. The molecule has 1 N–H and O–H groups in total. The van der Waals surface area contributed by atoms with Crippen LogP contribution in [-0.4, -0.2) is 24.4 Å². The second-order valence-corrected chi connectivity index (χ2v) is 6.70. The first-order valence-corrected chi connectivity index (χ1v) is 9.37. The van der Waals surface area contributed by atoms with Crippen molar-refractivity contribution in [3.63, 3.8) is 0 Å². The van der Waals surface area contributed by atoms with Crippen molar-refractivity contribution in [3.8, 4) is 11.5 Å². The number of carbonyl (C=O) groups excluding carboxylic acids is 2. The van der Waals surface area contributed by atoms with Gasteiger partial charge in [-0.25, -0.2) is 0 Å². The highest BCUT2D eigenvalue weighted by molar-refractivity contribution is 5.97.